The molecule has 0 amide bonds. The molecular weight excluding hydrogens is 404 g/mol. The Hall–Kier alpha value is -2.75. The number of rotatable bonds is 4. The Morgan fingerprint density at radius 3 is 2.57 bits per heavy atom. The van der Waals surface area contributed by atoms with Crippen LogP contribution in [0, 0.1) is 19.8 Å². The zero-order valence-electron chi connectivity index (χ0n) is 17.0. The molecule has 3 aromatic rings. The lowest BCUT2D eigenvalue weighted by atomic mass is 10.00. The third-order valence-corrected chi connectivity index (χ3v) is 7.34. The maximum atomic E-state index is 13.1. The number of nitrogen functional groups attached to an aromatic ring is 1. The van der Waals surface area contributed by atoms with Crippen molar-refractivity contribution in [3.63, 3.8) is 0 Å². The second kappa shape index (κ2) is 7.50. The van der Waals surface area contributed by atoms with E-state index in [4.69, 9.17) is 10.3 Å². The number of nitrogens with two attached hydrogens (primary N) is 1. The monoisotopic (exact) mass is 428 g/mol. The van der Waals surface area contributed by atoms with Crippen molar-refractivity contribution in [2.75, 3.05) is 18.8 Å². The van der Waals surface area contributed by atoms with Crippen LogP contribution in [0.2, 0.25) is 0 Å². The summed E-state index contributed by atoms with van der Waals surface area (Å²) in [5, 5.41) is 13.9. The molecule has 4 rings (SSSR count). The van der Waals surface area contributed by atoms with Crippen LogP contribution in [0.25, 0.3) is 22.5 Å². The van der Waals surface area contributed by atoms with Gasteiger partial charge in [-0.15, -0.1) is 0 Å². The predicted octanol–water partition coefficient (Wildman–Crippen LogP) is 2.60. The molecule has 0 saturated carbocycles. The van der Waals surface area contributed by atoms with Crippen LogP contribution in [-0.4, -0.2) is 47.2 Å². The van der Waals surface area contributed by atoms with E-state index in [-0.39, 0.29) is 17.4 Å². The highest BCUT2D eigenvalue weighted by molar-refractivity contribution is 7.89. The smallest absolute Gasteiger partial charge is 0.243 e. The highest BCUT2D eigenvalue weighted by atomic mass is 32.2. The van der Waals surface area contributed by atoms with E-state index in [9.17, 15) is 13.5 Å². The number of hydrogen-bond donors (Lipinski definition) is 2. The molecule has 3 heterocycles. The molecule has 3 N–H and O–H groups in total. The van der Waals surface area contributed by atoms with Crippen molar-refractivity contribution in [3.05, 3.63) is 47.8 Å². The molecule has 2 atom stereocenters. The van der Waals surface area contributed by atoms with E-state index in [1.54, 1.807) is 30.5 Å². The lowest BCUT2D eigenvalue weighted by molar-refractivity contribution is 0.153. The van der Waals surface area contributed by atoms with E-state index in [0.29, 0.717) is 23.7 Å². The van der Waals surface area contributed by atoms with E-state index in [1.165, 1.54) is 4.31 Å². The maximum Gasteiger partial charge on any atom is 0.243 e. The third kappa shape index (κ3) is 3.60. The first-order valence-electron chi connectivity index (χ1n) is 9.65. The number of β-amino-alcohol motifs (C(OH)–C–C–N with tert-alkyl or cyclic N) is 1. The number of benzene rings is 1. The van der Waals surface area contributed by atoms with Gasteiger partial charge in [-0.2, -0.15) is 4.31 Å². The molecule has 1 aromatic carbocycles. The lowest BCUT2D eigenvalue weighted by Gasteiger charge is -2.17. The fourth-order valence-electron chi connectivity index (χ4n) is 3.63. The quantitative estimate of drug-likeness (QED) is 0.655. The summed E-state index contributed by atoms with van der Waals surface area (Å²) in [5.41, 5.74) is 9.70. The Kier molecular flexibility index (Phi) is 5.13. The summed E-state index contributed by atoms with van der Waals surface area (Å²) >= 11 is 0. The predicted molar refractivity (Wildman–Crippen MR) is 113 cm³/mol. The van der Waals surface area contributed by atoms with Gasteiger partial charge in [-0.3, -0.25) is 0 Å². The summed E-state index contributed by atoms with van der Waals surface area (Å²) in [7, 11) is -3.72. The van der Waals surface area contributed by atoms with Gasteiger partial charge in [-0.25, -0.2) is 13.4 Å². The second-order valence-electron chi connectivity index (χ2n) is 7.83. The van der Waals surface area contributed by atoms with Gasteiger partial charge in [0.25, 0.3) is 0 Å². The molecule has 1 aliphatic heterocycles. The molecule has 1 saturated heterocycles. The van der Waals surface area contributed by atoms with Crippen LogP contribution < -0.4 is 5.73 Å². The molecule has 0 spiro atoms. The first-order valence-corrected chi connectivity index (χ1v) is 11.1. The van der Waals surface area contributed by atoms with Crippen molar-refractivity contribution in [3.8, 4) is 22.5 Å². The fraction of sp³-hybridized carbons (Fsp3) is 0.333. The Morgan fingerprint density at radius 1 is 1.17 bits per heavy atom. The maximum absolute atomic E-state index is 13.1. The minimum absolute atomic E-state index is 0.0982. The van der Waals surface area contributed by atoms with Crippen LogP contribution in [0.5, 0.6) is 0 Å². The molecule has 1 fully saturated rings. The number of aryl methyl sites for hydroxylation is 2. The van der Waals surface area contributed by atoms with E-state index >= 15 is 0 Å². The van der Waals surface area contributed by atoms with Crippen molar-refractivity contribution in [1.82, 2.24) is 14.4 Å². The summed E-state index contributed by atoms with van der Waals surface area (Å²) in [6, 6.07) is 8.60. The third-order valence-electron chi connectivity index (χ3n) is 5.51. The average molecular weight is 429 g/mol. The van der Waals surface area contributed by atoms with Crippen molar-refractivity contribution in [1.29, 1.82) is 0 Å². The second-order valence-corrected chi connectivity index (χ2v) is 9.77. The molecule has 0 aliphatic carbocycles. The number of aromatic nitrogens is 2. The number of hydrogen-bond acceptors (Lipinski definition) is 7. The molecule has 0 radical (unpaired) electrons. The first-order chi connectivity index (χ1) is 14.2. The van der Waals surface area contributed by atoms with Crippen LogP contribution in [0.15, 0.2) is 45.9 Å². The van der Waals surface area contributed by atoms with Gasteiger partial charge < -0.3 is 15.4 Å². The molecule has 0 bridgehead atoms. The molecule has 158 valence electrons. The fourth-order valence-corrected chi connectivity index (χ4v) is 5.22. The van der Waals surface area contributed by atoms with Gasteiger partial charge in [0.05, 0.1) is 22.3 Å². The summed E-state index contributed by atoms with van der Waals surface area (Å²) in [6.07, 6.45) is 0.960. The zero-order valence-corrected chi connectivity index (χ0v) is 17.8. The van der Waals surface area contributed by atoms with Crippen molar-refractivity contribution in [2.45, 2.75) is 31.8 Å². The van der Waals surface area contributed by atoms with E-state index in [2.05, 4.69) is 10.1 Å². The number of nitrogens with zero attached hydrogens (tertiary/aromatic N) is 3. The van der Waals surface area contributed by atoms with Crippen LogP contribution in [0.1, 0.15) is 18.2 Å². The minimum Gasteiger partial charge on any atom is -0.391 e. The first kappa shape index (κ1) is 20.5. The number of aliphatic hydroxyl groups is 1. The Balaban J connectivity index is 1.76. The van der Waals surface area contributed by atoms with Gasteiger partial charge in [0, 0.05) is 30.9 Å². The van der Waals surface area contributed by atoms with Crippen LogP contribution in [0.3, 0.4) is 0 Å². The molecular formula is C21H24N4O4S. The molecule has 1 aliphatic rings. The van der Waals surface area contributed by atoms with Crippen molar-refractivity contribution < 1.29 is 18.0 Å². The number of pyridine rings is 1. The lowest BCUT2D eigenvalue weighted by Crippen LogP contribution is -2.29. The summed E-state index contributed by atoms with van der Waals surface area (Å²) in [4.78, 5) is 4.45. The minimum atomic E-state index is -3.72. The number of sulfonamides is 1. The Morgan fingerprint density at radius 2 is 1.93 bits per heavy atom. The Labute approximate surface area is 175 Å². The van der Waals surface area contributed by atoms with Gasteiger partial charge in [0.15, 0.2) is 5.76 Å². The molecule has 1 unspecified atom stereocenters. The van der Waals surface area contributed by atoms with Gasteiger partial charge >= 0.3 is 0 Å². The average Bonchev–Trinajstić information content (AvgIpc) is 3.28. The van der Waals surface area contributed by atoms with Crippen molar-refractivity contribution in [2.24, 2.45) is 5.92 Å². The number of aliphatic hydroxyl groups excluding tert-OH is 1. The van der Waals surface area contributed by atoms with E-state index < -0.39 is 16.1 Å². The largest absolute Gasteiger partial charge is 0.391 e. The van der Waals surface area contributed by atoms with E-state index in [0.717, 1.165) is 22.4 Å². The van der Waals surface area contributed by atoms with Gasteiger partial charge in [-0.1, -0.05) is 18.1 Å². The summed E-state index contributed by atoms with van der Waals surface area (Å²) in [6.45, 7) is 5.96. The summed E-state index contributed by atoms with van der Waals surface area (Å²) < 4.78 is 32.9. The van der Waals surface area contributed by atoms with Gasteiger partial charge in [0.1, 0.15) is 5.82 Å². The molecule has 2 aromatic heterocycles. The standard InChI is InChI=1S/C21H24N4O4S/c1-12-4-5-16(30(27,28)25-10-13(2)19(26)11-25)8-17(12)15-7-18(21(22)23-9-15)20-6-14(3)24-29-20/h4-9,13,19,26H,10-11H2,1-3H3,(H2,22,23)/t13-,19?/m1/s1. The van der Waals surface area contributed by atoms with Gasteiger partial charge in [-0.05, 0) is 49.1 Å². The zero-order chi connectivity index (χ0) is 21.6. The highest BCUT2D eigenvalue weighted by Gasteiger charge is 2.36. The normalized spacial score (nSPS) is 20.0. The van der Waals surface area contributed by atoms with Crippen LogP contribution >= 0.6 is 0 Å². The SMILES string of the molecule is Cc1cc(-c2cc(-c3cc(S(=O)(=O)N4CC(O)[C@H](C)C4)ccc3C)cnc2N)on1. The Bertz CT molecular complexity index is 1200. The topological polar surface area (TPSA) is 123 Å². The van der Waals surface area contributed by atoms with Gasteiger partial charge in [0.2, 0.25) is 10.0 Å². The van der Waals surface area contributed by atoms with Crippen LogP contribution in [-0.2, 0) is 10.0 Å². The van der Waals surface area contributed by atoms with Crippen LogP contribution in [0.4, 0.5) is 5.82 Å². The molecule has 8 nitrogen and oxygen atoms in total. The summed E-state index contributed by atoms with van der Waals surface area (Å²) in [5.74, 6) is 0.705. The van der Waals surface area contributed by atoms with E-state index in [1.807, 2.05) is 26.8 Å². The highest BCUT2D eigenvalue weighted by Crippen LogP contribution is 2.33. The number of anilines is 1. The molecule has 9 heteroatoms. The van der Waals surface area contributed by atoms with Crippen molar-refractivity contribution >= 4 is 15.8 Å². The molecule has 30 heavy (non-hydrogen) atoms.